The van der Waals surface area contributed by atoms with E-state index < -0.39 is 16.1 Å². The maximum absolute atomic E-state index is 14.5. The third-order valence-corrected chi connectivity index (χ3v) is 9.29. The standard InChI is InChI=1S/C36H37N7O4S/c1-23-10-6-11-24(2)32(23)30-19-31-41-35(40-30)42-48(45,46)28-14-7-12-25(18-28)34(44)43(27(22-47-31)20-36(3,4)5)21-26-13-8-15-29(39-26)33-37-16-9-17-38-33/h6-19,27H,20-22H2,1-5H3,(H,40,41,42)/t27-/m1/s1. The molecule has 1 aliphatic heterocycles. The number of sulfonamides is 1. The fourth-order valence-corrected chi connectivity index (χ4v) is 6.83. The number of hydrogen-bond donors (Lipinski definition) is 1. The third kappa shape index (κ3) is 7.33. The molecular weight excluding hydrogens is 627 g/mol. The van der Waals surface area contributed by atoms with Crippen molar-refractivity contribution in [2.45, 2.75) is 58.5 Å². The van der Waals surface area contributed by atoms with Crippen molar-refractivity contribution in [3.63, 3.8) is 0 Å². The van der Waals surface area contributed by atoms with Gasteiger partial charge in [-0.15, -0.1) is 0 Å². The van der Waals surface area contributed by atoms with E-state index in [1.165, 1.54) is 12.1 Å². The molecule has 12 heteroatoms. The number of fused-ring (bicyclic) bond motifs is 4. The van der Waals surface area contributed by atoms with E-state index in [0.29, 0.717) is 29.3 Å². The zero-order chi connectivity index (χ0) is 34.1. The topological polar surface area (TPSA) is 140 Å². The molecule has 0 saturated heterocycles. The number of hydrogen-bond acceptors (Lipinski definition) is 9. The van der Waals surface area contributed by atoms with Gasteiger partial charge in [0.05, 0.1) is 28.9 Å². The van der Waals surface area contributed by atoms with E-state index in [0.717, 1.165) is 16.7 Å². The summed E-state index contributed by atoms with van der Waals surface area (Å²) in [5, 5.41) is 0. The molecule has 0 spiro atoms. The van der Waals surface area contributed by atoms with Gasteiger partial charge >= 0.3 is 0 Å². The highest BCUT2D eigenvalue weighted by atomic mass is 32.2. The van der Waals surface area contributed by atoms with Gasteiger partial charge in [-0.05, 0) is 73.2 Å². The summed E-state index contributed by atoms with van der Waals surface area (Å²) >= 11 is 0. The van der Waals surface area contributed by atoms with Crippen molar-refractivity contribution in [1.82, 2.24) is 29.8 Å². The minimum atomic E-state index is -4.18. The molecule has 0 radical (unpaired) electrons. The second-order valence-corrected chi connectivity index (χ2v) is 14.7. The molecule has 0 aliphatic carbocycles. The SMILES string of the molecule is Cc1cccc(C)c1-c1cc2nc(n1)NS(=O)(=O)c1cccc(c1)C(=O)N(Cc1cccc(-c3ncccn3)n1)[C@H](CC(C)(C)C)CO2. The van der Waals surface area contributed by atoms with Gasteiger partial charge in [0, 0.05) is 29.6 Å². The highest BCUT2D eigenvalue weighted by Crippen LogP contribution is 2.32. The summed E-state index contributed by atoms with van der Waals surface area (Å²) in [7, 11) is -4.18. The Kier molecular flexibility index (Phi) is 8.93. The first-order chi connectivity index (χ1) is 22.9. The number of nitrogens with zero attached hydrogens (tertiary/aromatic N) is 6. The summed E-state index contributed by atoms with van der Waals surface area (Å²) in [5.74, 6) is 0.157. The van der Waals surface area contributed by atoms with Crippen LogP contribution in [0.5, 0.6) is 5.88 Å². The highest BCUT2D eigenvalue weighted by molar-refractivity contribution is 7.92. The molecular formula is C36H37N7O4S. The normalized spacial score (nSPS) is 16.1. The van der Waals surface area contributed by atoms with Crippen molar-refractivity contribution in [1.29, 1.82) is 0 Å². The van der Waals surface area contributed by atoms with Gasteiger partial charge < -0.3 is 9.64 Å². The van der Waals surface area contributed by atoms with E-state index in [-0.39, 0.29) is 46.8 Å². The summed E-state index contributed by atoms with van der Waals surface area (Å²) in [4.78, 5) is 38.6. The number of carbonyl (C=O) groups is 1. The molecule has 0 unspecified atom stereocenters. The van der Waals surface area contributed by atoms with Crippen LogP contribution in [0.1, 0.15) is 54.4 Å². The summed E-state index contributed by atoms with van der Waals surface area (Å²) in [5.41, 5.74) is 4.50. The molecule has 11 nitrogen and oxygen atoms in total. The molecule has 48 heavy (non-hydrogen) atoms. The van der Waals surface area contributed by atoms with Crippen LogP contribution in [0.2, 0.25) is 0 Å². The molecule has 4 bridgehead atoms. The zero-order valence-corrected chi connectivity index (χ0v) is 28.3. The molecule has 1 atom stereocenters. The van der Waals surface area contributed by atoms with Crippen molar-refractivity contribution in [3.8, 4) is 28.7 Å². The lowest BCUT2D eigenvalue weighted by Crippen LogP contribution is -2.45. The molecule has 1 N–H and O–H groups in total. The Morgan fingerprint density at radius 2 is 1.58 bits per heavy atom. The van der Waals surface area contributed by atoms with Crippen molar-refractivity contribution >= 4 is 21.9 Å². The van der Waals surface area contributed by atoms with Crippen LogP contribution in [0.3, 0.4) is 0 Å². The van der Waals surface area contributed by atoms with Crippen LogP contribution >= 0.6 is 0 Å². The molecule has 246 valence electrons. The molecule has 0 saturated carbocycles. The predicted molar refractivity (Wildman–Crippen MR) is 183 cm³/mol. The van der Waals surface area contributed by atoms with Gasteiger partial charge in [-0.2, -0.15) is 4.98 Å². The minimum absolute atomic E-state index is 0.0829. The Morgan fingerprint density at radius 1 is 0.875 bits per heavy atom. The highest BCUT2D eigenvalue weighted by Gasteiger charge is 2.32. The number of aryl methyl sites for hydroxylation is 2. The van der Waals surface area contributed by atoms with Crippen LogP contribution in [-0.2, 0) is 16.6 Å². The number of ether oxygens (including phenoxy) is 1. The summed E-state index contributed by atoms with van der Waals surface area (Å²) in [6.45, 7) is 10.4. The first-order valence-electron chi connectivity index (χ1n) is 15.6. The van der Waals surface area contributed by atoms with E-state index in [4.69, 9.17) is 9.72 Å². The molecule has 6 rings (SSSR count). The van der Waals surface area contributed by atoms with E-state index >= 15 is 0 Å². The summed E-state index contributed by atoms with van der Waals surface area (Å²) in [6, 6.07) is 20.4. The van der Waals surface area contributed by atoms with Gasteiger partial charge in [0.1, 0.15) is 12.3 Å². The maximum Gasteiger partial charge on any atom is 0.264 e. The van der Waals surface area contributed by atoms with Crippen molar-refractivity contribution < 1.29 is 17.9 Å². The van der Waals surface area contributed by atoms with Gasteiger partial charge in [-0.25, -0.2) is 33.1 Å². The number of nitrogens with one attached hydrogen (secondary N) is 1. The number of rotatable bonds is 5. The number of aromatic nitrogens is 5. The summed E-state index contributed by atoms with van der Waals surface area (Å²) < 4.78 is 36.3. The smallest absolute Gasteiger partial charge is 0.264 e. The van der Waals surface area contributed by atoms with E-state index in [1.54, 1.807) is 41.6 Å². The first-order valence-corrected chi connectivity index (χ1v) is 17.1. The quantitative estimate of drug-likeness (QED) is 0.231. The Bertz CT molecular complexity index is 2060. The average Bonchev–Trinajstić information content (AvgIpc) is 3.05. The average molecular weight is 664 g/mol. The van der Waals surface area contributed by atoms with Crippen LogP contribution in [0.25, 0.3) is 22.8 Å². The van der Waals surface area contributed by atoms with E-state index in [2.05, 4.69) is 45.4 Å². The molecule has 1 aliphatic rings. The lowest BCUT2D eigenvalue weighted by Gasteiger charge is -2.35. The number of carbonyl (C=O) groups excluding carboxylic acids is 1. The van der Waals surface area contributed by atoms with Crippen LogP contribution in [0.15, 0.2) is 90.1 Å². The maximum atomic E-state index is 14.5. The fourth-order valence-electron chi connectivity index (χ4n) is 5.84. The lowest BCUT2D eigenvalue weighted by atomic mass is 9.87. The van der Waals surface area contributed by atoms with Gasteiger partial charge in [0.2, 0.25) is 11.8 Å². The Hall–Kier alpha value is -5.23. The summed E-state index contributed by atoms with van der Waals surface area (Å²) in [6.07, 6.45) is 3.87. The number of amides is 1. The van der Waals surface area contributed by atoms with E-state index in [9.17, 15) is 13.2 Å². The first kappa shape index (κ1) is 32.7. The fraction of sp³-hybridized carbons (Fsp3) is 0.278. The van der Waals surface area contributed by atoms with Crippen molar-refractivity contribution in [2.75, 3.05) is 11.3 Å². The second kappa shape index (κ2) is 13.1. The molecule has 4 heterocycles. The zero-order valence-electron chi connectivity index (χ0n) is 27.5. The largest absolute Gasteiger partial charge is 0.475 e. The van der Waals surface area contributed by atoms with Crippen molar-refractivity contribution in [2.24, 2.45) is 5.41 Å². The van der Waals surface area contributed by atoms with Crippen LogP contribution in [0, 0.1) is 19.3 Å². The lowest BCUT2D eigenvalue weighted by molar-refractivity contribution is 0.0509. The van der Waals surface area contributed by atoms with Gasteiger partial charge in [0.25, 0.3) is 15.9 Å². The Balaban J connectivity index is 1.48. The number of pyridine rings is 1. The van der Waals surface area contributed by atoms with E-state index in [1.807, 2.05) is 50.2 Å². The van der Waals surface area contributed by atoms with Gasteiger partial charge in [0.15, 0.2) is 5.82 Å². The third-order valence-electron chi connectivity index (χ3n) is 7.96. The number of benzene rings is 2. The molecule has 5 aromatic rings. The monoisotopic (exact) mass is 663 g/mol. The van der Waals surface area contributed by atoms with Gasteiger partial charge in [-0.1, -0.05) is 51.1 Å². The number of anilines is 1. The van der Waals surface area contributed by atoms with Gasteiger partial charge in [-0.3, -0.25) is 4.79 Å². The molecule has 1 amide bonds. The molecule has 0 fully saturated rings. The van der Waals surface area contributed by atoms with Crippen LogP contribution < -0.4 is 9.46 Å². The van der Waals surface area contributed by atoms with Crippen LogP contribution in [0.4, 0.5) is 5.95 Å². The van der Waals surface area contributed by atoms with Crippen LogP contribution in [-0.4, -0.2) is 56.8 Å². The second-order valence-electron chi connectivity index (χ2n) is 13.1. The van der Waals surface area contributed by atoms with Crippen molar-refractivity contribution in [3.05, 3.63) is 108 Å². The predicted octanol–water partition coefficient (Wildman–Crippen LogP) is 6.25. The molecule has 2 aromatic carbocycles. The molecule has 3 aromatic heterocycles. The minimum Gasteiger partial charge on any atom is -0.475 e. The Morgan fingerprint density at radius 3 is 2.31 bits per heavy atom. The Labute approximate surface area is 280 Å².